The first-order valence-corrected chi connectivity index (χ1v) is 6.98. The number of piperidine rings is 1. The van der Waals surface area contributed by atoms with Crippen molar-refractivity contribution in [1.29, 1.82) is 0 Å². The molecule has 2 unspecified atom stereocenters. The van der Waals surface area contributed by atoms with E-state index in [0.29, 0.717) is 5.92 Å². The quantitative estimate of drug-likeness (QED) is 0.883. The molecule has 1 aliphatic rings. The van der Waals surface area contributed by atoms with Gasteiger partial charge in [0.05, 0.1) is 6.54 Å². The van der Waals surface area contributed by atoms with Gasteiger partial charge in [-0.05, 0) is 24.4 Å². The third kappa shape index (κ3) is 4.25. The maximum atomic E-state index is 12.3. The minimum atomic E-state index is -2.27. The normalized spacial score (nSPS) is 24.8. The molecular weight excluding hydrogens is 246 g/mol. The Kier molecular flexibility index (Phi) is 5.28. The molecule has 1 heterocycles. The Bertz CT molecular complexity index is 370. The van der Waals surface area contributed by atoms with E-state index in [2.05, 4.69) is 29.3 Å². The number of rotatable bonds is 5. The van der Waals surface area contributed by atoms with Crippen molar-refractivity contribution in [3.8, 4) is 0 Å². The molecule has 1 aromatic rings. The first kappa shape index (κ1) is 14.4. The Hall–Kier alpha value is -1.00. The molecular formula is C15H22F2N2. The largest absolute Gasteiger partial charge is 0.307 e. The number of likely N-dealkylation sites (N-methyl/N-ethyl adjacent to an activating group) is 1. The predicted octanol–water partition coefficient (Wildman–Crippen LogP) is 2.72. The number of nitrogens with one attached hydrogen (secondary N) is 1. The maximum Gasteiger partial charge on any atom is 0.250 e. The topological polar surface area (TPSA) is 15.3 Å². The van der Waals surface area contributed by atoms with E-state index < -0.39 is 6.43 Å². The highest BCUT2D eigenvalue weighted by molar-refractivity contribution is 5.21. The summed E-state index contributed by atoms with van der Waals surface area (Å²) in [6.45, 7) is 4.78. The lowest BCUT2D eigenvalue weighted by Crippen LogP contribution is -2.49. The maximum absolute atomic E-state index is 12.3. The Morgan fingerprint density at radius 1 is 1.26 bits per heavy atom. The minimum Gasteiger partial charge on any atom is -0.307 e. The van der Waals surface area contributed by atoms with Gasteiger partial charge < -0.3 is 10.2 Å². The molecule has 1 aromatic carbocycles. The number of nitrogens with zero attached hydrogens (tertiary/aromatic N) is 1. The van der Waals surface area contributed by atoms with Gasteiger partial charge in [-0.15, -0.1) is 0 Å². The Balaban J connectivity index is 2.00. The lowest BCUT2D eigenvalue weighted by molar-refractivity contribution is 0.122. The van der Waals surface area contributed by atoms with Crippen molar-refractivity contribution >= 4 is 0 Å². The summed E-state index contributed by atoms with van der Waals surface area (Å²) in [5.74, 6) is 0.435. The van der Waals surface area contributed by atoms with Gasteiger partial charge in [0.1, 0.15) is 0 Å². The summed E-state index contributed by atoms with van der Waals surface area (Å²) in [7, 11) is 0. The zero-order valence-corrected chi connectivity index (χ0v) is 11.4. The Labute approximate surface area is 113 Å². The SMILES string of the molecule is CCN1CC(NCC(F)F)CC(c2ccccc2)C1. The highest BCUT2D eigenvalue weighted by atomic mass is 19.3. The Morgan fingerprint density at radius 2 is 2.00 bits per heavy atom. The van der Waals surface area contributed by atoms with Crippen molar-refractivity contribution in [3.63, 3.8) is 0 Å². The van der Waals surface area contributed by atoms with Crippen LogP contribution in [0.5, 0.6) is 0 Å². The second-order valence-electron chi connectivity index (χ2n) is 5.19. The zero-order chi connectivity index (χ0) is 13.7. The molecule has 1 saturated heterocycles. The summed E-state index contributed by atoms with van der Waals surface area (Å²) >= 11 is 0. The van der Waals surface area contributed by atoms with Crippen molar-refractivity contribution < 1.29 is 8.78 Å². The van der Waals surface area contributed by atoms with Crippen LogP contribution in [0.2, 0.25) is 0 Å². The lowest BCUT2D eigenvalue weighted by Gasteiger charge is -2.38. The fraction of sp³-hybridized carbons (Fsp3) is 0.600. The van der Waals surface area contributed by atoms with E-state index in [9.17, 15) is 8.78 Å². The van der Waals surface area contributed by atoms with Crippen molar-refractivity contribution in [2.24, 2.45) is 0 Å². The van der Waals surface area contributed by atoms with Gasteiger partial charge in [0, 0.05) is 19.1 Å². The highest BCUT2D eigenvalue weighted by Crippen LogP contribution is 2.26. The smallest absolute Gasteiger partial charge is 0.250 e. The molecule has 0 radical (unpaired) electrons. The van der Waals surface area contributed by atoms with E-state index in [-0.39, 0.29) is 12.6 Å². The summed E-state index contributed by atoms with van der Waals surface area (Å²) in [5, 5.41) is 2.99. The molecule has 1 aliphatic heterocycles. The summed E-state index contributed by atoms with van der Waals surface area (Å²) < 4.78 is 24.6. The van der Waals surface area contributed by atoms with Crippen LogP contribution in [0.25, 0.3) is 0 Å². The van der Waals surface area contributed by atoms with Crippen LogP contribution in [-0.2, 0) is 0 Å². The zero-order valence-electron chi connectivity index (χ0n) is 11.4. The lowest BCUT2D eigenvalue weighted by atomic mass is 9.88. The van der Waals surface area contributed by atoms with E-state index >= 15 is 0 Å². The Morgan fingerprint density at radius 3 is 2.63 bits per heavy atom. The molecule has 0 spiro atoms. The molecule has 2 rings (SSSR count). The number of likely N-dealkylation sites (tertiary alicyclic amines) is 1. The van der Waals surface area contributed by atoms with Gasteiger partial charge in [-0.1, -0.05) is 37.3 Å². The number of halogens is 2. The van der Waals surface area contributed by atoms with Gasteiger partial charge in [-0.3, -0.25) is 0 Å². The third-order valence-corrected chi connectivity index (χ3v) is 3.81. The van der Waals surface area contributed by atoms with Gasteiger partial charge in [-0.2, -0.15) is 0 Å². The van der Waals surface area contributed by atoms with Crippen LogP contribution in [0.4, 0.5) is 8.78 Å². The van der Waals surface area contributed by atoms with Gasteiger partial charge in [0.15, 0.2) is 0 Å². The van der Waals surface area contributed by atoms with E-state index in [1.54, 1.807) is 0 Å². The van der Waals surface area contributed by atoms with Crippen LogP contribution in [0.3, 0.4) is 0 Å². The summed E-state index contributed by atoms with van der Waals surface area (Å²) in [6.07, 6.45) is -1.33. The average Bonchev–Trinajstić information content (AvgIpc) is 2.45. The molecule has 19 heavy (non-hydrogen) atoms. The summed E-state index contributed by atoms with van der Waals surface area (Å²) in [6, 6.07) is 10.5. The van der Waals surface area contributed by atoms with Gasteiger partial charge in [0.25, 0.3) is 6.43 Å². The standard InChI is InChI=1S/C15H22F2N2/c1-2-19-10-13(12-6-4-3-5-7-12)8-14(11-19)18-9-15(16)17/h3-7,13-15,18H,2,8-11H2,1H3. The molecule has 0 bridgehead atoms. The van der Waals surface area contributed by atoms with Crippen molar-refractivity contribution in [2.45, 2.75) is 31.7 Å². The fourth-order valence-corrected chi connectivity index (χ4v) is 2.82. The minimum absolute atomic E-state index is 0.160. The highest BCUT2D eigenvalue weighted by Gasteiger charge is 2.27. The molecule has 0 aliphatic carbocycles. The van der Waals surface area contributed by atoms with Crippen LogP contribution in [-0.4, -0.2) is 43.5 Å². The molecule has 1 fully saturated rings. The fourth-order valence-electron chi connectivity index (χ4n) is 2.82. The molecule has 4 heteroatoms. The molecule has 106 valence electrons. The third-order valence-electron chi connectivity index (χ3n) is 3.81. The van der Waals surface area contributed by atoms with Crippen molar-refractivity contribution in [1.82, 2.24) is 10.2 Å². The predicted molar refractivity (Wildman–Crippen MR) is 73.7 cm³/mol. The van der Waals surface area contributed by atoms with Crippen LogP contribution >= 0.6 is 0 Å². The van der Waals surface area contributed by atoms with Crippen molar-refractivity contribution in [3.05, 3.63) is 35.9 Å². The van der Waals surface area contributed by atoms with Gasteiger partial charge in [0.2, 0.25) is 0 Å². The van der Waals surface area contributed by atoms with Crippen LogP contribution in [0, 0.1) is 0 Å². The first-order chi connectivity index (χ1) is 9.19. The summed E-state index contributed by atoms with van der Waals surface area (Å²) in [4.78, 5) is 2.34. The summed E-state index contributed by atoms with van der Waals surface area (Å²) in [5.41, 5.74) is 1.31. The second kappa shape index (κ2) is 6.96. The van der Waals surface area contributed by atoms with Gasteiger partial charge in [-0.25, -0.2) is 8.78 Å². The molecule has 1 N–H and O–H groups in total. The second-order valence-corrected chi connectivity index (χ2v) is 5.19. The monoisotopic (exact) mass is 268 g/mol. The number of alkyl halides is 2. The van der Waals surface area contributed by atoms with E-state index in [4.69, 9.17) is 0 Å². The van der Waals surface area contributed by atoms with E-state index in [0.717, 1.165) is 26.1 Å². The average molecular weight is 268 g/mol. The van der Waals surface area contributed by atoms with Crippen LogP contribution in [0.15, 0.2) is 30.3 Å². The molecule has 2 nitrogen and oxygen atoms in total. The van der Waals surface area contributed by atoms with Crippen molar-refractivity contribution in [2.75, 3.05) is 26.2 Å². The number of hydrogen-bond acceptors (Lipinski definition) is 2. The molecule has 0 saturated carbocycles. The number of hydrogen-bond donors (Lipinski definition) is 1. The molecule has 0 aromatic heterocycles. The van der Waals surface area contributed by atoms with Gasteiger partial charge >= 0.3 is 0 Å². The molecule has 0 amide bonds. The van der Waals surface area contributed by atoms with Crippen LogP contribution in [0.1, 0.15) is 24.8 Å². The molecule has 2 atom stereocenters. The first-order valence-electron chi connectivity index (χ1n) is 6.98. The van der Waals surface area contributed by atoms with E-state index in [1.807, 2.05) is 18.2 Å². The van der Waals surface area contributed by atoms with Crippen LogP contribution < -0.4 is 5.32 Å². The van der Waals surface area contributed by atoms with E-state index in [1.165, 1.54) is 5.56 Å². The number of benzene rings is 1.